The van der Waals surface area contributed by atoms with Gasteiger partial charge in [-0.2, -0.15) is 0 Å². The molecular weight excluding hydrogens is 474 g/mol. The van der Waals surface area contributed by atoms with Crippen LogP contribution in [0, 0.1) is 23.0 Å². The van der Waals surface area contributed by atoms with Gasteiger partial charge in [0.05, 0.1) is 5.41 Å². The molecule has 3 aromatic rings. The monoisotopic (exact) mass is 510 g/mol. The fourth-order valence-electron chi connectivity index (χ4n) is 4.63. The van der Waals surface area contributed by atoms with Gasteiger partial charge in [0.2, 0.25) is 0 Å². The summed E-state index contributed by atoms with van der Waals surface area (Å²) in [7, 11) is 0. The Hall–Kier alpha value is -3.13. The van der Waals surface area contributed by atoms with Gasteiger partial charge in [0, 0.05) is 23.2 Å². The summed E-state index contributed by atoms with van der Waals surface area (Å²) < 4.78 is 36.7. The van der Waals surface area contributed by atoms with E-state index in [4.69, 9.17) is 4.74 Å². The number of carbonyl (C=O) groups is 1. The molecular formula is C29H36F2N4O2. The fourth-order valence-corrected chi connectivity index (χ4v) is 4.63. The third kappa shape index (κ3) is 7.01. The molecule has 0 bridgehead atoms. The maximum absolute atomic E-state index is 15.4. The van der Waals surface area contributed by atoms with Crippen LogP contribution in [0.3, 0.4) is 0 Å². The minimum atomic E-state index is -0.610. The molecule has 198 valence electrons. The average Bonchev–Trinajstić information content (AvgIpc) is 3.36. The summed E-state index contributed by atoms with van der Waals surface area (Å²) in [5.74, 6) is -0.311. The molecule has 0 radical (unpaired) electrons. The molecule has 1 fully saturated rings. The first-order chi connectivity index (χ1) is 17.7. The molecule has 1 aliphatic carbocycles. The third-order valence-corrected chi connectivity index (χ3v) is 6.85. The maximum atomic E-state index is 15.4. The van der Waals surface area contributed by atoms with Crippen LogP contribution in [-0.2, 0) is 22.8 Å². The molecule has 0 atom stereocenters. The molecule has 2 aromatic carbocycles. The second-order valence-corrected chi connectivity index (χ2v) is 10.9. The summed E-state index contributed by atoms with van der Waals surface area (Å²) in [6.07, 6.45) is 8.92. The van der Waals surface area contributed by atoms with Gasteiger partial charge in [-0.25, -0.2) is 18.4 Å². The molecule has 37 heavy (non-hydrogen) atoms. The van der Waals surface area contributed by atoms with Crippen molar-refractivity contribution in [3.05, 3.63) is 59.9 Å². The van der Waals surface area contributed by atoms with Gasteiger partial charge in [0.25, 0.3) is 0 Å². The topological polar surface area (TPSA) is 69.0 Å². The Bertz CT molecular complexity index is 1210. The van der Waals surface area contributed by atoms with Gasteiger partial charge < -0.3 is 10.1 Å². The van der Waals surface area contributed by atoms with E-state index < -0.39 is 17.0 Å². The van der Waals surface area contributed by atoms with Crippen LogP contribution in [0.4, 0.5) is 8.78 Å². The summed E-state index contributed by atoms with van der Waals surface area (Å²) in [5.41, 5.74) is 1.05. The van der Waals surface area contributed by atoms with Crippen molar-refractivity contribution < 1.29 is 18.3 Å². The lowest BCUT2D eigenvalue weighted by Gasteiger charge is -2.21. The SMILES string of the molecule is CC(C)(C)C(=O)OCn1cnc(-c2cccc(-c3ccc(F)c(CNCCC4CCCCC4)c3F)c2)n1. The average molecular weight is 511 g/mol. The van der Waals surface area contributed by atoms with Crippen LogP contribution in [0.15, 0.2) is 42.7 Å². The van der Waals surface area contributed by atoms with Crippen LogP contribution in [0.1, 0.15) is 64.9 Å². The van der Waals surface area contributed by atoms with Gasteiger partial charge in [-0.1, -0.05) is 50.3 Å². The minimum Gasteiger partial charge on any atom is -0.442 e. The second-order valence-electron chi connectivity index (χ2n) is 10.9. The smallest absolute Gasteiger partial charge is 0.313 e. The van der Waals surface area contributed by atoms with Crippen LogP contribution in [0.25, 0.3) is 22.5 Å². The van der Waals surface area contributed by atoms with Gasteiger partial charge in [-0.05, 0) is 63.4 Å². The highest BCUT2D eigenvalue weighted by Crippen LogP contribution is 2.30. The molecule has 4 rings (SSSR count). The highest BCUT2D eigenvalue weighted by Gasteiger charge is 2.23. The normalized spacial score (nSPS) is 14.6. The molecule has 0 unspecified atom stereocenters. The molecule has 0 spiro atoms. The van der Waals surface area contributed by atoms with E-state index in [2.05, 4.69) is 15.4 Å². The van der Waals surface area contributed by atoms with Gasteiger partial charge in [0.15, 0.2) is 12.6 Å². The van der Waals surface area contributed by atoms with Crippen molar-refractivity contribution in [1.82, 2.24) is 20.1 Å². The van der Waals surface area contributed by atoms with Crippen molar-refractivity contribution in [1.29, 1.82) is 0 Å². The number of benzene rings is 2. The summed E-state index contributed by atoms with van der Waals surface area (Å²) in [5, 5.41) is 7.62. The molecule has 1 aromatic heterocycles. The molecule has 6 nitrogen and oxygen atoms in total. The van der Waals surface area contributed by atoms with Crippen LogP contribution >= 0.6 is 0 Å². The first kappa shape index (κ1) is 26.9. The van der Waals surface area contributed by atoms with Crippen LogP contribution in [-0.4, -0.2) is 27.3 Å². The van der Waals surface area contributed by atoms with E-state index in [1.807, 2.05) is 6.07 Å². The Balaban J connectivity index is 1.44. The van der Waals surface area contributed by atoms with Crippen molar-refractivity contribution in [3.8, 4) is 22.5 Å². The number of nitrogens with one attached hydrogen (secondary N) is 1. The molecule has 8 heteroatoms. The Labute approximate surface area is 217 Å². The number of ether oxygens (including phenoxy) is 1. The van der Waals surface area contributed by atoms with Crippen LogP contribution in [0.5, 0.6) is 0 Å². The number of hydrogen-bond acceptors (Lipinski definition) is 5. The zero-order chi connectivity index (χ0) is 26.4. The number of carbonyl (C=O) groups excluding carboxylic acids is 1. The lowest BCUT2D eigenvalue weighted by atomic mass is 9.87. The molecule has 1 heterocycles. The quantitative estimate of drug-likeness (QED) is 0.263. The van der Waals surface area contributed by atoms with E-state index in [-0.39, 0.29) is 24.8 Å². The number of nitrogens with zero attached hydrogens (tertiary/aromatic N) is 3. The Kier molecular flexibility index (Phi) is 8.69. The van der Waals surface area contributed by atoms with Crippen molar-refractivity contribution in [2.24, 2.45) is 11.3 Å². The van der Waals surface area contributed by atoms with Gasteiger partial charge >= 0.3 is 5.97 Å². The predicted octanol–water partition coefficient (Wildman–Crippen LogP) is 6.50. The molecule has 0 amide bonds. The van der Waals surface area contributed by atoms with Crippen molar-refractivity contribution in [2.75, 3.05) is 6.54 Å². The zero-order valence-corrected chi connectivity index (χ0v) is 21.9. The summed E-state index contributed by atoms with van der Waals surface area (Å²) in [4.78, 5) is 16.3. The number of halogens is 2. The third-order valence-electron chi connectivity index (χ3n) is 6.85. The van der Waals surface area contributed by atoms with Crippen molar-refractivity contribution >= 4 is 5.97 Å². The van der Waals surface area contributed by atoms with Crippen LogP contribution in [0.2, 0.25) is 0 Å². The Morgan fingerprint density at radius 3 is 2.62 bits per heavy atom. The van der Waals surface area contributed by atoms with E-state index in [1.54, 1.807) is 39.0 Å². The van der Waals surface area contributed by atoms with E-state index in [1.165, 1.54) is 55.2 Å². The molecule has 1 N–H and O–H groups in total. The lowest BCUT2D eigenvalue weighted by Crippen LogP contribution is -2.24. The van der Waals surface area contributed by atoms with Gasteiger partial charge in [-0.15, -0.1) is 5.10 Å². The van der Waals surface area contributed by atoms with Crippen molar-refractivity contribution in [2.45, 2.75) is 72.6 Å². The van der Waals surface area contributed by atoms with Gasteiger partial charge in [0.1, 0.15) is 18.0 Å². The van der Waals surface area contributed by atoms with E-state index in [0.717, 1.165) is 13.0 Å². The standard InChI is InChI=1S/C29H36F2N4O2/c1-29(2,3)28(36)37-19-35-18-33-27(34-35)22-11-7-10-21(16-22)23-12-13-25(30)24(26(23)31)17-32-15-14-20-8-5-4-6-9-20/h7,10-13,16,18,20,32H,4-6,8-9,14-15,17,19H2,1-3H3. The highest BCUT2D eigenvalue weighted by atomic mass is 19.1. The molecule has 1 saturated carbocycles. The summed E-state index contributed by atoms with van der Waals surface area (Å²) in [6.45, 7) is 6.19. The van der Waals surface area contributed by atoms with Crippen LogP contribution < -0.4 is 5.32 Å². The summed E-state index contributed by atoms with van der Waals surface area (Å²) >= 11 is 0. The minimum absolute atomic E-state index is 0.0491. The molecule has 1 aliphatic rings. The largest absolute Gasteiger partial charge is 0.442 e. The van der Waals surface area contributed by atoms with E-state index in [9.17, 15) is 9.18 Å². The number of hydrogen-bond donors (Lipinski definition) is 1. The lowest BCUT2D eigenvalue weighted by molar-refractivity contribution is -0.157. The van der Waals surface area contributed by atoms with Crippen molar-refractivity contribution in [3.63, 3.8) is 0 Å². The maximum Gasteiger partial charge on any atom is 0.313 e. The number of aromatic nitrogens is 3. The first-order valence-electron chi connectivity index (χ1n) is 13.1. The Morgan fingerprint density at radius 1 is 1.11 bits per heavy atom. The molecule has 0 saturated heterocycles. The predicted molar refractivity (Wildman–Crippen MR) is 139 cm³/mol. The van der Waals surface area contributed by atoms with E-state index in [0.29, 0.717) is 28.4 Å². The number of rotatable bonds is 9. The molecule has 0 aliphatic heterocycles. The fraction of sp³-hybridized carbons (Fsp3) is 0.483. The second kappa shape index (κ2) is 11.9. The van der Waals surface area contributed by atoms with Gasteiger partial charge in [-0.3, -0.25) is 4.79 Å². The number of esters is 1. The first-order valence-corrected chi connectivity index (χ1v) is 13.1. The highest BCUT2D eigenvalue weighted by molar-refractivity contribution is 5.75. The summed E-state index contributed by atoms with van der Waals surface area (Å²) in [6, 6.07) is 9.95. The Morgan fingerprint density at radius 2 is 1.86 bits per heavy atom. The zero-order valence-electron chi connectivity index (χ0n) is 21.9. The van der Waals surface area contributed by atoms with E-state index >= 15 is 4.39 Å².